The molecule has 6 nitrogen and oxygen atoms in total. The van der Waals surface area contributed by atoms with Crippen molar-refractivity contribution in [3.63, 3.8) is 0 Å². The number of rotatable bonds is 4. The number of nitrogens with zero attached hydrogens (tertiary/aromatic N) is 1. The van der Waals surface area contributed by atoms with E-state index in [2.05, 4.69) is 10.5 Å². The highest BCUT2D eigenvalue weighted by atomic mass is 32.2. The molecule has 7 heteroatoms. The van der Waals surface area contributed by atoms with E-state index < -0.39 is 21.0 Å². The molecule has 1 amide bonds. The Labute approximate surface area is 112 Å². The Kier molecular flexibility index (Phi) is 4.66. The van der Waals surface area contributed by atoms with Crippen LogP contribution in [0.25, 0.3) is 0 Å². The van der Waals surface area contributed by atoms with Gasteiger partial charge in [0.15, 0.2) is 9.84 Å². The Morgan fingerprint density at radius 2 is 1.84 bits per heavy atom. The summed E-state index contributed by atoms with van der Waals surface area (Å²) < 4.78 is 22.5. The Morgan fingerprint density at radius 1 is 1.32 bits per heavy atom. The minimum absolute atomic E-state index is 0.447. The molecule has 0 aromatic heterocycles. The van der Waals surface area contributed by atoms with Crippen molar-refractivity contribution in [2.45, 2.75) is 19.1 Å². The van der Waals surface area contributed by atoms with Crippen molar-refractivity contribution >= 4 is 27.1 Å². The van der Waals surface area contributed by atoms with Gasteiger partial charge in [-0.25, -0.2) is 8.42 Å². The zero-order chi connectivity index (χ0) is 14.6. The fourth-order valence-corrected chi connectivity index (χ4v) is 1.74. The fraction of sp³-hybridized carbons (Fsp3) is 0.333. The molecule has 0 heterocycles. The highest BCUT2D eigenvalue weighted by molar-refractivity contribution is 7.92. The van der Waals surface area contributed by atoms with Gasteiger partial charge >= 0.3 is 0 Å². The van der Waals surface area contributed by atoms with E-state index in [4.69, 9.17) is 5.21 Å². The van der Waals surface area contributed by atoms with Gasteiger partial charge in [-0.05, 0) is 31.5 Å². The minimum atomic E-state index is -3.41. The largest absolute Gasteiger partial charge is 0.411 e. The van der Waals surface area contributed by atoms with Crippen LogP contribution in [0.3, 0.4) is 0 Å². The first-order chi connectivity index (χ1) is 8.75. The lowest BCUT2D eigenvalue weighted by atomic mass is 10.1. The Bertz CT molecular complexity index is 591. The zero-order valence-electron chi connectivity index (χ0n) is 10.9. The van der Waals surface area contributed by atoms with Crippen LogP contribution in [0.4, 0.5) is 5.69 Å². The number of hydrogen-bond donors (Lipinski definition) is 2. The lowest BCUT2D eigenvalue weighted by Crippen LogP contribution is -2.31. The summed E-state index contributed by atoms with van der Waals surface area (Å²) in [5.74, 6) is -0.581. The molecule has 1 rings (SSSR count). The second kappa shape index (κ2) is 5.83. The summed E-state index contributed by atoms with van der Waals surface area (Å²) in [5.41, 5.74) is 1.63. The molecule has 0 radical (unpaired) electrons. The first-order valence-electron chi connectivity index (χ1n) is 5.54. The zero-order valence-corrected chi connectivity index (χ0v) is 11.7. The summed E-state index contributed by atoms with van der Waals surface area (Å²) in [7, 11) is -3.41. The van der Waals surface area contributed by atoms with Crippen molar-refractivity contribution in [1.82, 2.24) is 0 Å². The number of nitrogens with one attached hydrogen (secondary N) is 1. The van der Waals surface area contributed by atoms with Crippen LogP contribution in [0.15, 0.2) is 29.4 Å². The molecule has 1 unspecified atom stereocenters. The normalized spacial score (nSPS) is 13.9. The third-order valence-electron chi connectivity index (χ3n) is 2.73. The summed E-state index contributed by atoms with van der Waals surface area (Å²) in [5, 5.41) is 13.1. The number of carbonyl (C=O) groups excluding carboxylic acids is 1. The van der Waals surface area contributed by atoms with Crippen molar-refractivity contribution in [2.75, 3.05) is 11.6 Å². The van der Waals surface area contributed by atoms with E-state index in [1.165, 1.54) is 6.92 Å². The molecule has 1 aromatic rings. The number of oxime groups is 1. The van der Waals surface area contributed by atoms with E-state index in [0.717, 1.165) is 6.26 Å². The Balaban J connectivity index is 2.82. The average molecular weight is 284 g/mol. The molecular weight excluding hydrogens is 268 g/mol. The number of carbonyl (C=O) groups is 1. The quantitative estimate of drug-likeness (QED) is 0.494. The van der Waals surface area contributed by atoms with Crippen molar-refractivity contribution in [1.29, 1.82) is 0 Å². The molecule has 0 aliphatic heterocycles. The standard InChI is InChI=1S/C12H16N2O4S/c1-8(14-16)10-4-6-11(7-5-10)13-12(15)9(2)19(3,17)18/h4-7,9,16H,1-3H3,(H,13,15)/b14-8+. The molecule has 0 saturated carbocycles. The molecule has 0 aliphatic rings. The van der Waals surface area contributed by atoms with Gasteiger partial charge in [-0.1, -0.05) is 17.3 Å². The molecule has 0 saturated heterocycles. The van der Waals surface area contributed by atoms with Crippen molar-refractivity contribution in [3.8, 4) is 0 Å². The summed E-state index contributed by atoms with van der Waals surface area (Å²) >= 11 is 0. The molecule has 0 fully saturated rings. The smallest absolute Gasteiger partial charge is 0.242 e. The monoisotopic (exact) mass is 284 g/mol. The maximum atomic E-state index is 11.7. The second-order valence-corrected chi connectivity index (χ2v) is 6.59. The van der Waals surface area contributed by atoms with Crippen LogP contribution in [-0.4, -0.2) is 36.7 Å². The number of anilines is 1. The molecule has 19 heavy (non-hydrogen) atoms. The van der Waals surface area contributed by atoms with Gasteiger partial charge in [0.05, 0.1) is 5.71 Å². The summed E-state index contributed by atoms with van der Waals surface area (Å²) in [4.78, 5) is 11.7. The predicted octanol–water partition coefficient (Wildman–Crippen LogP) is 1.26. The van der Waals surface area contributed by atoms with Crippen LogP contribution >= 0.6 is 0 Å². The predicted molar refractivity (Wildman–Crippen MR) is 73.4 cm³/mol. The first-order valence-corrected chi connectivity index (χ1v) is 7.50. The van der Waals surface area contributed by atoms with Crippen LogP contribution in [0, 0.1) is 0 Å². The lowest BCUT2D eigenvalue weighted by Gasteiger charge is -2.10. The van der Waals surface area contributed by atoms with Gasteiger partial charge in [-0.2, -0.15) is 0 Å². The summed E-state index contributed by atoms with van der Waals surface area (Å²) in [6.45, 7) is 2.97. The van der Waals surface area contributed by atoms with Crippen molar-refractivity contribution < 1.29 is 18.4 Å². The van der Waals surface area contributed by atoms with Gasteiger partial charge in [0.1, 0.15) is 5.25 Å². The van der Waals surface area contributed by atoms with Crippen LogP contribution < -0.4 is 5.32 Å². The fourth-order valence-electron chi connectivity index (χ4n) is 1.29. The van der Waals surface area contributed by atoms with E-state index in [1.807, 2.05) is 0 Å². The molecule has 0 bridgehead atoms. The van der Waals surface area contributed by atoms with E-state index in [0.29, 0.717) is 17.0 Å². The van der Waals surface area contributed by atoms with Crippen LogP contribution in [0.5, 0.6) is 0 Å². The third-order valence-corrected chi connectivity index (χ3v) is 4.23. The highest BCUT2D eigenvalue weighted by Gasteiger charge is 2.23. The number of benzene rings is 1. The molecule has 1 atom stereocenters. The molecule has 104 valence electrons. The van der Waals surface area contributed by atoms with Gasteiger partial charge in [0.2, 0.25) is 5.91 Å². The van der Waals surface area contributed by atoms with Gasteiger partial charge in [-0.3, -0.25) is 4.79 Å². The van der Waals surface area contributed by atoms with Crippen molar-refractivity contribution in [3.05, 3.63) is 29.8 Å². The van der Waals surface area contributed by atoms with Crippen molar-refractivity contribution in [2.24, 2.45) is 5.16 Å². The summed E-state index contributed by atoms with van der Waals surface area (Å²) in [6, 6.07) is 6.54. The first kappa shape index (κ1) is 15.2. The van der Waals surface area contributed by atoms with E-state index in [-0.39, 0.29) is 0 Å². The van der Waals surface area contributed by atoms with E-state index in [1.54, 1.807) is 31.2 Å². The molecule has 0 spiro atoms. The Hall–Kier alpha value is -1.89. The number of hydrogen-bond acceptors (Lipinski definition) is 5. The molecule has 2 N–H and O–H groups in total. The van der Waals surface area contributed by atoms with Gasteiger partial charge in [-0.15, -0.1) is 0 Å². The van der Waals surface area contributed by atoms with E-state index in [9.17, 15) is 13.2 Å². The maximum absolute atomic E-state index is 11.7. The highest BCUT2D eigenvalue weighted by Crippen LogP contribution is 2.12. The topological polar surface area (TPSA) is 95.8 Å². The minimum Gasteiger partial charge on any atom is -0.411 e. The average Bonchev–Trinajstić information content (AvgIpc) is 2.36. The van der Waals surface area contributed by atoms with Crippen LogP contribution in [-0.2, 0) is 14.6 Å². The number of sulfone groups is 1. The number of amides is 1. The lowest BCUT2D eigenvalue weighted by molar-refractivity contribution is -0.115. The molecular formula is C12H16N2O4S. The third kappa shape index (κ3) is 4.06. The van der Waals surface area contributed by atoms with Crippen LogP contribution in [0.1, 0.15) is 19.4 Å². The molecule has 1 aromatic carbocycles. The van der Waals surface area contributed by atoms with Gasteiger partial charge in [0, 0.05) is 11.9 Å². The van der Waals surface area contributed by atoms with Gasteiger partial charge < -0.3 is 10.5 Å². The SMILES string of the molecule is C/C(=N\O)c1ccc(NC(=O)C(C)S(C)(=O)=O)cc1. The summed E-state index contributed by atoms with van der Waals surface area (Å²) in [6.07, 6.45) is 1.02. The maximum Gasteiger partial charge on any atom is 0.242 e. The van der Waals surface area contributed by atoms with E-state index >= 15 is 0 Å². The Morgan fingerprint density at radius 3 is 2.26 bits per heavy atom. The van der Waals surface area contributed by atoms with Crippen LogP contribution in [0.2, 0.25) is 0 Å². The second-order valence-electron chi connectivity index (χ2n) is 4.22. The van der Waals surface area contributed by atoms with Gasteiger partial charge in [0.25, 0.3) is 0 Å². The molecule has 0 aliphatic carbocycles.